The van der Waals surface area contributed by atoms with E-state index in [0.29, 0.717) is 30.3 Å². The summed E-state index contributed by atoms with van der Waals surface area (Å²) in [4.78, 5) is 12.8. The number of hydrogen-bond donors (Lipinski definition) is 2. The van der Waals surface area contributed by atoms with Crippen LogP contribution in [-0.4, -0.2) is 24.1 Å². The Morgan fingerprint density at radius 2 is 1.80 bits per heavy atom. The molecule has 3 aliphatic rings. The highest BCUT2D eigenvalue weighted by atomic mass is 35.5. The maximum Gasteiger partial charge on any atom is 0.261 e. The molecule has 4 rings (SSSR count). The van der Waals surface area contributed by atoms with Crippen LogP contribution in [0.1, 0.15) is 48.8 Å². The van der Waals surface area contributed by atoms with Crippen molar-refractivity contribution in [2.45, 2.75) is 70.6 Å². The van der Waals surface area contributed by atoms with Crippen LogP contribution < -0.4 is 15.8 Å². The molecule has 1 aliphatic heterocycles. The smallest absolute Gasteiger partial charge is 0.261 e. The second-order valence-electron chi connectivity index (χ2n) is 8.07. The third kappa shape index (κ3) is 3.52. The van der Waals surface area contributed by atoms with Crippen molar-refractivity contribution in [2.24, 2.45) is 17.6 Å². The van der Waals surface area contributed by atoms with E-state index in [-0.39, 0.29) is 24.4 Å². The van der Waals surface area contributed by atoms with Gasteiger partial charge in [0.1, 0.15) is 5.75 Å². The first kappa shape index (κ1) is 18.5. The lowest BCUT2D eigenvalue weighted by Crippen LogP contribution is -2.55. The number of aryl methyl sites for hydroxylation is 2. The molecule has 1 amide bonds. The van der Waals surface area contributed by atoms with Crippen molar-refractivity contribution in [3.63, 3.8) is 0 Å². The largest absolute Gasteiger partial charge is 0.480 e. The van der Waals surface area contributed by atoms with Crippen molar-refractivity contribution in [3.8, 4) is 5.75 Å². The minimum atomic E-state index is -0.377. The van der Waals surface area contributed by atoms with Gasteiger partial charge in [0, 0.05) is 18.5 Å². The number of benzene rings is 1. The van der Waals surface area contributed by atoms with E-state index >= 15 is 0 Å². The van der Waals surface area contributed by atoms with Gasteiger partial charge < -0.3 is 15.8 Å². The van der Waals surface area contributed by atoms with Crippen LogP contribution in [0.2, 0.25) is 0 Å². The second-order valence-corrected chi connectivity index (χ2v) is 8.07. The Hall–Kier alpha value is -1.26. The number of nitrogens with one attached hydrogen (secondary N) is 1. The van der Waals surface area contributed by atoms with Gasteiger partial charge in [-0.25, -0.2) is 0 Å². The molecule has 3 unspecified atom stereocenters. The fourth-order valence-corrected chi connectivity index (χ4v) is 4.94. The van der Waals surface area contributed by atoms with Gasteiger partial charge in [-0.3, -0.25) is 4.79 Å². The minimum absolute atomic E-state index is 0. The van der Waals surface area contributed by atoms with Crippen LogP contribution in [0.15, 0.2) is 12.1 Å². The molecule has 0 aromatic heterocycles. The molecule has 2 fully saturated rings. The zero-order valence-electron chi connectivity index (χ0n) is 15.1. The van der Waals surface area contributed by atoms with Gasteiger partial charge >= 0.3 is 0 Å². The maximum atomic E-state index is 12.8. The fraction of sp³-hybridized carbons (Fsp3) is 0.650. The second kappa shape index (κ2) is 7.16. The quantitative estimate of drug-likeness (QED) is 0.847. The highest BCUT2D eigenvalue weighted by Gasteiger charge is 2.41. The van der Waals surface area contributed by atoms with Gasteiger partial charge in [0.25, 0.3) is 5.91 Å². The molecule has 1 aromatic rings. The number of ether oxygens (including phenoxy) is 1. The third-order valence-corrected chi connectivity index (χ3v) is 6.33. The number of carbonyl (C=O) groups is 1. The molecule has 3 N–H and O–H groups in total. The normalized spacial score (nSPS) is 33.0. The van der Waals surface area contributed by atoms with Gasteiger partial charge in [-0.05, 0) is 74.1 Å². The summed E-state index contributed by atoms with van der Waals surface area (Å²) in [5, 5.41) is 3.33. The van der Waals surface area contributed by atoms with Crippen LogP contribution in [0.25, 0.3) is 0 Å². The first-order chi connectivity index (χ1) is 11.5. The van der Waals surface area contributed by atoms with E-state index < -0.39 is 0 Å². The van der Waals surface area contributed by atoms with Crippen LogP contribution in [0, 0.1) is 25.7 Å². The lowest BCUT2D eigenvalue weighted by atomic mass is 9.67. The van der Waals surface area contributed by atoms with Crippen LogP contribution in [0.4, 0.5) is 0 Å². The van der Waals surface area contributed by atoms with Crippen LogP contribution in [0.5, 0.6) is 5.75 Å². The predicted octanol–water partition coefficient (Wildman–Crippen LogP) is 3.05. The summed E-state index contributed by atoms with van der Waals surface area (Å²) in [5.74, 6) is 2.03. The SMILES string of the molecule is Cc1cc2c(cc1C)OC(C(=O)NC1C3CCCC1CC(N)C3)C2.Cl. The van der Waals surface area contributed by atoms with E-state index in [1.165, 1.54) is 30.4 Å². The Balaban J connectivity index is 0.00000182. The van der Waals surface area contributed by atoms with Gasteiger partial charge in [-0.1, -0.05) is 12.5 Å². The van der Waals surface area contributed by atoms with Crippen molar-refractivity contribution >= 4 is 18.3 Å². The van der Waals surface area contributed by atoms with Crippen LogP contribution >= 0.6 is 12.4 Å². The first-order valence-corrected chi connectivity index (χ1v) is 9.34. The van der Waals surface area contributed by atoms with Gasteiger partial charge in [0.15, 0.2) is 6.10 Å². The minimum Gasteiger partial charge on any atom is -0.480 e. The molecule has 0 radical (unpaired) electrons. The molecule has 0 spiro atoms. The Labute approximate surface area is 156 Å². The predicted molar refractivity (Wildman–Crippen MR) is 101 cm³/mol. The van der Waals surface area contributed by atoms with E-state index in [1.807, 2.05) is 0 Å². The number of carbonyl (C=O) groups excluding carboxylic acids is 1. The van der Waals surface area contributed by atoms with Crippen molar-refractivity contribution < 1.29 is 9.53 Å². The number of nitrogens with two attached hydrogens (primary N) is 1. The zero-order valence-corrected chi connectivity index (χ0v) is 15.9. The summed E-state index contributed by atoms with van der Waals surface area (Å²) < 4.78 is 5.95. The molecule has 0 saturated heterocycles. The number of rotatable bonds is 2. The summed E-state index contributed by atoms with van der Waals surface area (Å²) in [6.07, 6.45) is 6.07. The van der Waals surface area contributed by atoms with Gasteiger partial charge in [0.2, 0.25) is 0 Å². The number of amides is 1. The molecule has 2 bridgehead atoms. The lowest BCUT2D eigenvalue weighted by molar-refractivity contribution is -0.129. The average Bonchev–Trinajstić information content (AvgIpc) is 2.91. The molecule has 1 heterocycles. The first-order valence-electron chi connectivity index (χ1n) is 9.34. The summed E-state index contributed by atoms with van der Waals surface area (Å²) in [7, 11) is 0. The highest BCUT2D eigenvalue weighted by molar-refractivity contribution is 5.85. The fourth-order valence-electron chi connectivity index (χ4n) is 4.94. The monoisotopic (exact) mass is 364 g/mol. The molecular weight excluding hydrogens is 336 g/mol. The Kier molecular flexibility index (Phi) is 5.31. The average molecular weight is 365 g/mol. The van der Waals surface area contributed by atoms with Crippen molar-refractivity contribution in [1.29, 1.82) is 0 Å². The molecule has 138 valence electrons. The van der Waals surface area contributed by atoms with E-state index in [1.54, 1.807) is 0 Å². The van der Waals surface area contributed by atoms with Crippen molar-refractivity contribution in [1.82, 2.24) is 5.32 Å². The molecule has 2 saturated carbocycles. The van der Waals surface area contributed by atoms with Gasteiger partial charge in [-0.15, -0.1) is 12.4 Å². The third-order valence-electron chi connectivity index (χ3n) is 6.33. The molecular formula is C20H29ClN2O2. The number of hydrogen-bond acceptors (Lipinski definition) is 3. The Bertz CT molecular complexity index is 618. The van der Waals surface area contributed by atoms with Crippen molar-refractivity contribution in [3.05, 3.63) is 28.8 Å². The maximum absolute atomic E-state index is 12.8. The highest BCUT2D eigenvalue weighted by Crippen LogP contribution is 2.40. The Morgan fingerprint density at radius 1 is 1.16 bits per heavy atom. The molecule has 2 aliphatic carbocycles. The topological polar surface area (TPSA) is 64.3 Å². The Morgan fingerprint density at radius 3 is 2.48 bits per heavy atom. The molecule has 1 aromatic carbocycles. The van der Waals surface area contributed by atoms with E-state index in [2.05, 4.69) is 31.3 Å². The molecule has 5 heteroatoms. The van der Waals surface area contributed by atoms with Crippen LogP contribution in [0.3, 0.4) is 0 Å². The number of halogens is 1. The lowest BCUT2D eigenvalue weighted by Gasteiger charge is -2.45. The summed E-state index contributed by atoms with van der Waals surface area (Å²) in [6, 6.07) is 4.83. The van der Waals surface area contributed by atoms with E-state index in [9.17, 15) is 4.79 Å². The summed E-state index contributed by atoms with van der Waals surface area (Å²) in [5.41, 5.74) is 9.82. The number of fused-ring (bicyclic) bond motifs is 3. The standard InChI is InChI=1S/C20H28N2O2.ClH/c1-11-6-15-10-18(24-17(15)7-12(11)2)20(23)22-19-13-4-3-5-14(19)9-16(21)8-13;/h6-7,13-14,16,18-19H,3-5,8-10,21H2,1-2H3,(H,22,23);1H. The van der Waals surface area contributed by atoms with Gasteiger partial charge in [0.05, 0.1) is 0 Å². The zero-order chi connectivity index (χ0) is 16.8. The van der Waals surface area contributed by atoms with Crippen LogP contribution in [-0.2, 0) is 11.2 Å². The van der Waals surface area contributed by atoms with Gasteiger partial charge in [-0.2, -0.15) is 0 Å². The molecule has 25 heavy (non-hydrogen) atoms. The van der Waals surface area contributed by atoms with Crippen molar-refractivity contribution in [2.75, 3.05) is 0 Å². The summed E-state index contributed by atoms with van der Waals surface area (Å²) in [6.45, 7) is 4.19. The summed E-state index contributed by atoms with van der Waals surface area (Å²) >= 11 is 0. The molecule has 4 nitrogen and oxygen atoms in total. The molecule has 3 atom stereocenters. The van der Waals surface area contributed by atoms with E-state index in [4.69, 9.17) is 10.5 Å². The van der Waals surface area contributed by atoms with E-state index in [0.717, 1.165) is 24.2 Å².